The SMILES string of the molecule is C/C=C(/COC(=O)SC(C)(C)C(NC(=O)c1ccccc1)C(=O)OCCCN1CCOCC1)OC.CC=O. The minimum Gasteiger partial charge on any atom is -0.498 e. The Morgan fingerprint density at radius 2 is 1.76 bits per heavy atom. The number of hydrogen-bond acceptors (Lipinski definition) is 10. The third kappa shape index (κ3) is 12.6. The predicted octanol–water partition coefficient (Wildman–Crippen LogP) is 3.45. The van der Waals surface area contributed by atoms with Crippen LogP contribution in [0.15, 0.2) is 42.2 Å². The van der Waals surface area contributed by atoms with E-state index < -0.39 is 28.0 Å². The molecule has 1 saturated heterocycles. The number of carbonyl (C=O) groups is 4. The first kappa shape index (κ1) is 33.1. The zero-order valence-electron chi connectivity index (χ0n) is 22.9. The zero-order valence-corrected chi connectivity index (χ0v) is 23.7. The van der Waals surface area contributed by atoms with Gasteiger partial charge in [-0.3, -0.25) is 9.69 Å². The van der Waals surface area contributed by atoms with Crippen molar-refractivity contribution in [3.63, 3.8) is 0 Å². The van der Waals surface area contributed by atoms with Crippen molar-refractivity contribution in [1.29, 1.82) is 0 Å². The quantitative estimate of drug-likeness (QED) is 0.179. The lowest BCUT2D eigenvalue weighted by molar-refractivity contribution is -0.146. The number of ether oxygens (including phenoxy) is 4. The van der Waals surface area contributed by atoms with Crippen LogP contribution < -0.4 is 5.32 Å². The van der Waals surface area contributed by atoms with Crippen molar-refractivity contribution < 1.29 is 38.1 Å². The van der Waals surface area contributed by atoms with Crippen molar-refractivity contribution in [1.82, 2.24) is 10.2 Å². The Bertz CT molecular complexity index is 902. The summed E-state index contributed by atoms with van der Waals surface area (Å²) in [6.07, 6.45) is 3.10. The number of esters is 1. The maximum atomic E-state index is 13.1. The average Bonchev–Trinajstić information content (AvgIpc) is 2.91. The number of amides is 1. The third-order valence-electron chi connectivity index (χ3n) is 5.47. The minimum atomic E-state index is -1.08. The molecule has 0 saturated carbocycles. The lowest BCUT2D eigenvalue weighted by atomic mass is 10.0. The van der Waals surface area contributed by atoms with E-state index in [1.165, 1.54) is 14.0 Å². The van der Waals surface area contributed by atoms with Crippen LogP contribution in [0.4, 0.5) is 4.79 Å². The summed E-state index contributed by atoms with van der Waals surface area (Å²) in [5.74, 6) is -0.531. The largest absolute Gasteiger partial charge is 0.498 e. The van der Waals surface area contributed by atoms with Crippen LogP contribution in [-0.2, 0) is 28.5 Å². The molecule has 0 bridgehead atoms. The van der Waals surface area contributed by atoms with E-state index in [9.17, 15) is 14.4 Å². The van der Waals surface area contributed by atoms with E-state index in [0.29, 0.717) is 31.0 Å². The van der Waals surface area contributed by atoms with Crippen molar-refractivity contribution in [3.8, 4) is 0 Å². The molecule has 1 atom stereocenters. The number of hydrogen-bond donors (Lipinski definition) is 1. The van der Waals surface area contributed by atoms with E-state index in [4.69, 9.17) is 23.7 Å². The normalized spacial score (nSPS) is 14.8. The molecule has 212 valence electrons. The van der Waals surface area contributed by atoms with Gasteiger partial charge in [0.25, 0.3) is 5.91 Å². The molecule has 0 spiro atoms. The Kier molecular flexibility index (Phi) is 16.0. The van der Waals surface area contributed by atoms with Gasteiger partial charge in [0.15, 0.2) is 0 Å². The van der Waals surface area contributed by atoms with Gasteiger partial charge in [-0.15, -0.1) is 0 Å². The minimum absolute atomic E-state index is 0.0259. The van der Waals surface area contributed by atoms with Crippen LogP contribution in [-0.4, -0.2) is 92.3 Å². The highest BCUT2D eigenvalue weighted by Gasteiger charge is 2.41. The summed E-state index contributed by atoms with van der Waals surface area (Å²) in [6, 6.07) is 7.49. The van der Waals surface area contributed by atoms with Crippen molar-refractivity contribution in [2.75, 3.05) is 53.2 Å². The van der Waals surface area contributed by atoms with Crippen molar-refractivity contribution in [3.05, 3.63) is 47.7 Å². The fraction of sp³-hybridized carbons (Fsp3) is 0.556. The molecular weight excluding hydrogens is 512 g/mol. The predicted molar refractivity (Wildman–Crippen MR) is 146 cm³/mol. The van der Waals surface area contributed by atoms with Gasteiger partial charge in [-0.05, 0) is 64.1 Å². The number of rotatable bonds is 12. The second-order valence-corrected chi connectivity index (χ2v) is 10.3. The second-order valence-electron chi connectivity index (χ2n) is 8.69. The lowest BCUT2D eigenvalue weighted by Gasteiger charge is -2.32. The first-order valence-electron chi connectivity index (χ1n) is 12.5. The van der Waals surface area contributed by atoms with Gasteiger partial charge in [0, 0.05) is 25.2 Å². The average molecular weight is 553 g/mol. The summed E-state index contributed by atoms with van der Waals surface area (Å²) in [4.78, 5) is 49.5. The first-order valence-corrected chi connectivity index (χ1v) is 13.3. The Morgan fingerprint density at radius 3 is 2.34 bits per heavy atom. The molecule has 1 aliphatic rings. The summed E-state index contributed by atoms with van der Waals surface area (Å²) in [7, 11) is 1.49. The molecule has 0 aromatic heterocycles. The molecular formula is C27H40N2O8S. The molecule has 1 aromatic carbocycles. The molecule has 1 N–H and O–H groups in total. The smallest absolute Gasteiger partial charge is 0.368 e. The van der Waals surface area contributed by atoms with E-state index in [-0.39, 0.29) is 13.2 Å². The maximum absolute atomic E-state index is 13.1. The van der Waals surface area contributed by atoms with Crippen LogP contribution in [0.1, 0.15) is 44.5 Å². The highest BCUT2D eigenvalue weighted by Crippen LogP contribution is 2.31. The monoisotopic (exact) mass is 552 g/mol. The van der Waals surface area contributed by atoms with Crippen LogP contribution >= 0.6 is 11.8 Å². The maximum Gasteiger partial charge on any atom is 0.368 e. The van der Waals surface area contributed by atoms with Gasteiger partial charge in [-0.1, -0.05) is 18.2 Å². The van der Waals surface area contributed by atoms with Gasteiger partial charge in [-0.25, -0.2) is 9.59 Å². The Morgan fingerprint density at radius 1 is 1.13 bits per heavy atom. The number of methoxy groups -OCH3 is 1. The summed E-state index contributed by atoms with van der Waals surface area (Å²) in [5.41, 5.74) is 0.402. The summed E-state index contributed by atoms with van der Waals surface area (Å²) in [6.45, 7) is 10.7. The Balaban J connectivity index is 0.00000229. The van der Waals surface area contributed by atoms with Gasteiger partial charge in [0.05, 0.1) is 31.7 Å². The molecule has 1 amide bonds. The fourth-order valence-electron chi connectivity index (χ4n) is 3.38. The molecule has 1 heterocycles. The van der Waals surface area contributed by atoms with Crippen molar-refractivity contribution in [2.24, 2.45) is 0 Å². The molecule has 1 unspecified atom stereocenters. The van der Waals surface area contributed by atoms with Crippen molar-refractivity contribution in [2.45, 2.75) is 44.9 Å². The summed E-state index contributed by atoms with van der Waals surface area (Å²) < 4.78 is 20.2. The van der Waals surface area contributed by atoms with Gasteiger partial charge in [0.2, 0.25) is 0 Å². The van der Waals surface area contributed by atoms with Gasteiger partial charge >= 0.3 is 11.3 Å². The summed E-state index contributed by atoms with van der Waals surface area (Å²) in [5, 5.41) is 2.16. The van der Waals surface area contributed by atoms with Crippen molar-refractivity contribution >= 4 is 35.2 Å². The van der Waals surface area contributed by atoms with Gasteiger partial charge < -0.3 is 29.1 Å². The number of benzene rings is 1. The molecule has 38 heavy (non-hydrogen) atoms. The number of allylic oxidation sites excluding steroid dienone is 1. The first-order chi connectivity index (χ1) is 18.2. The van der Waals surface area contributed by atoms with E-state index in [1.807, 2.05) is 0 Å². The third-order valence-corrected chi connectivity index (χ3v) is 6.52. The van der Waals surface area contributed by atoms with E-state index in [0.717, 1.165) is 37.7 Å². The molecule has 1 fully saturated rings. The number of carbonyl (C=O) groups excluding carboxylic acids is 4. The molecule has 0 radical (unpaired) electrons. The lowest BCUT2D eigenvalue weighted by Crippen LogP contribution is -2.53. The van der Waals surface area contributed by atoms with E-state index in [1.54, 1.807) is 57.2 Å². The number of morpholine rings is 1. The second kappa shape index (κ2) is 18.4. The van der Waals surface area contributed by atoms with Crippen LogP contribution in [0.25, 0.3) is 0 Å². The zero-order chi connectivity index (χ0) is 28.4. The molecule has 11 heteroatoms. The van der Waals surface area contributed by atoms with Crippen LogP contribution in [0, 0.1) is 0 Å². The molecule has 1 aromatic rings. The van der Waals surface area contributed by atoms with Crippen LogP contribution in [0.2, 0.25) is 0 Å². The summed E-state index contributed by atoms with van der Waals surface area (Å²) >= 11 is 0.819. The molecule has 0 aliphatic carbocycles. The Hall–Kier alpha value is -2.89. The van der Waals surface area contributed by atoms with Gasteiger partial charge in [0.1, 0.15) is 24.7 Å². The molecule has 1 aliphatic heterocycles. The van der Waals surface area contributed by atoms with Gasteiger partial charge in [-0.2, -0.15) is 0 Å². The highest BCUT2D eigenvalue weighted by molar-refractivity contribution is 8.14. The molecule has 10 nitrogen and oxygen atoms in total. The number of aldehydes is 1. The van der Waals surface area contributed by atoms with E-state index in [2.05, 4.69) is 10.2 Å². The number of nitrogens with zero attached hydrogens (tertiary/aromatic N) is 1. The Labute approximate surface area is 229 Å². The number of nitrogens with one attached hydrogen (secondary N) is 1. The fourth-order valence-corrected chi connectivity index (χ4v) is 4.20. The standard InChI is InChI=1S/C25H36N2O7S.C2H4O/c1-5-20(31-4)18-34-24(30)35-25(2,3)21(26-22(28)19-10-7-6-8-11-19)23(29)33-15-9-12-27-13-16-32-17-14-27;1-2-3/h5-8,10-11,21H,9,12-18H2,1-4H3,(H,26,28);2H,1H3/b20-5-;. The molecule has 2 rings (SSSR count). The van der Waals surface area contributed by atoms with E-state index >= 15 is 0 Å². The number of thioether (sulfide) groups is 1. The topological polar surface area (TPSA) is 120 Å². The van der Waals surface area contributed by atoms with Crippen LogP contribution in [0.5, 0.6) is 0 Å². The van der Waals surface area contributed by atoms with Crippen LogP contribution in [0.3, 0.4) is 0 Å². The highest BCUT2D eigenvalue weighted by atomic mass is 32.2.